The Bertz CT molecular complexity index is 1060. The van der Waals surface area contributed by atoms with Gasteiger partial charge in [0.1, 0.15) is 6.10 Å². The summed E-state index contributed by atoms with van der Waals surface area (Å²) in [6, 6.07) is 15.1. The van der Waals surface area contributed by atoms with Gasteiger partial charge in [0.2, 0.25) is 5.82 Å². The first-order valence-corrected chi connectivity index (χ1v) is 10.1. The number of benzene rings is 2. The zero-order chi connectivity index (χ0) is 20.4. The maximum atomic E-state index is 12.2. The second kappa shape index (κ2) is 8.30. The number of hydrogen-bond donors (Lipinski definition) is 1. The van der Waals surface area contributed by atoms with Gasteiger partial charge >= 0.3 is 6.09 Å². The molecule has 2 aromatic carbocycles. The fourth-order valence-electron chi connectivity index (χ4n) is 2.98. The largest absolute Gasteiger partial charge is 0.442 e. The maximum Gasteiger partial charge on any atom is 0.414 e. The molecule has 3 aromatic rings. The maximum absolute atomic E-state index is 12.2. The minimum absolute atomic E-state index is 0.261. The number of amides is 1. The normalized spacial score (nSPS) is 16.0. The van der Waals surface area contributed by atoms with Crippen molar-refractivity contribution < 1.29 is 14.1 Å². The van der Waals surface area contributed by atoms with Gasteiger partial charge in [0.15, 0.2) is 0 Å². The second-order valence-electron chi connectivity index (χ2n) is 6.51. The Morgan fingerprint density at radius 1 is 1.31 bits per heavy atom. The van der Waals surface area contributed by atoms with Crippen molar-refractivity contribution in [3.05, 3.63) is 53.0 Å². The number of thiocarbonyl (C=S) groups is 1. The van der Waals surface area contributed by atoms with Crippen LogP contribution in [0.2, 0.25) is 0 Å². The lowest BCUT2D eigenvalue weighted by Gasteiger charge is -2.14. The van der Waals surface area contributed by atoms with Crippen LogP contribution in [0, 0.1) is 0 Å². The molecule has 9 heteroatoms. The summed E-state index contributed by atoms with van der Waals surface area (Å²) in [5.74, 6) is 0.911. The number of aromatic nitrogens is 2. The summed E-state index contributed by atoms with van der Waals surface area (Å²) >= 11 is 8.55. The zero-order valence-corrected chi connectivity index (χ0v) is 17.9. The first kappa shape index (κ1) is 19.5. The molecule has 1 aromatic heterocycles. The molecule has 0 saturated carbocycles. The summed E-state index contributed by atoms with van der Waals surface area (Å²) in [5, 5.41) is 7.08. The van der Waals surface area contributed by atoms with Crippen molar-refractivity contribution in [2.24, 2.45) is 0 Å². The quantitative estimate of drug-likeness (QED) is 0.550. The molecule has 1 aliphatic rings. The van der Waals surface area contributed by atoms with Crippen LogP contribution in [0.1, 0.15) is 6.92 Å². The van der Waals surface area contributed by atoms with Crippen LogP contribution in [0.25, 0.3) is 22.8 Å². The molecule has 0 radical (unpaired) electrons. The average Bonchev–Trinajstić information content (AvgIpc) is 3.34. The lowest BCUT2D eigenvalue weighted by molar-refractivity contribution is 0.143. The van der Waals surface area contributed by atoms with Gasteiger partial charge in [0, 0.05) is 15.7 Å². The molecule has 1 N–H and O–H groups in total. The van der Waals surface area contributed by atoms with Crippen LogP contribution in [-0.4, -0.2) is 40.4 Å². The monoisotopic (exact) mass is 472 g/mol. The third-order valence-corrected chi connectivity index (χ3v) is 5.21. The predicted molar refractivity (Wildman–Crippen MR) is 117 cm³/mol. The van der Waals surface area contributed by atoms with E-state index in [1.165, 1.54) is 0 Å². The van der Waals surface area contributed by atoms with Gasteiger partial charge in [-0.25, -0.2) is 4.79 Å². The van der Waals surface area contributed by atoms with E-state index in [-0.39, 0.29) is 12.2 Å². The van der Waals surface area contributed by atoms with E-state index in [1.54, 1.807) is 11.8 Å². The smallest absolute Gasteiger partial charge is 0.414 e. The van der Waals surface area contributed by atoms with Gasteiger partial charge in [0.05, 0.1) is 23.6 Å². The number of carbonyl (C=O) groups excluding carboxylic acids is 1. The Labute approximate surface area is 181 Å². The van der Waals surface area contributed by atoms with E-state index in [9.17, 15) is 4.79 Å². The highest BCUT2D eigenvalue weighted by molar-refractivity contribution is 9.10. The van der Waals surface area contributed by atoms with Crippen molar-refractivity contribution >= 4 is 44.9 Å². The number of nitrogens with zero attached hydrogens (tertiary/aromatic N) is 3. The zero-order valence-electron chi connectivity index (χ0n) is 15.5. The molecule has 1 saturated heterocycles. The highest BCUT2D eigenvalue weighted by Crippen LogP contribution is 2.33. The summed E-state index contributed by atoms with van der Waals surface area (Å²) < 4.78 is 11.6. The molecule has 0 bridgehead atoms. The predicted octanol–water partition coefficient (Wildman–Crippen LogP) is 4.43. The van der Waals surface area contributed by atoms with Gasteiger partial charge in [-0.1, -0.05) is 47.7 Å². The average molecular weight is 473 g/mol. The van der Waals surface area contributed by atoms with E-state index in [2.05, 4.69) is 31.4 Å². The Kier molecular flexibility index (Phi) is 5.59. The first-order chi connectivity index (χ1) is 14.0. The van der Waals surface area contributed by atoms with E-state index in [4.69, 9.17) is 21.5 Å². The first-order valence-electron chi connectivity index (χ1n) is 8.93. The van der Waals surface area contributed by atoms with Crippen LogP contribution in [0.3, 0.4) is 0 Å². The summed E-state index contributed by atoms with van der Waals surface area (Å²) in [6.07, 6.45) is -0.647. The Hall–Kier alpha value is -2.78. The number of ether oxygens (including phenoxy) is 1. The number of hydrogen-bond acceptors (Lipinski definition) is 6. The number of nitrogens with one attached hydrogen (secondary N) is 1. The molecule has 7 nitrogen and oxygen atoms in total. The van der Waals surface area contributed by atoms with Gasteiger partial charge in [-0.3, -0.25) is 4.90 Å². The third kappa shape index (κ3) is 4.30. The number of rotatable bonds is 5. The molecule has 148 valence electrons. The molecule has 1 aliphatic heterocycles. The van der Waals surface area contributed by atoms with Crippen molar-refractivity contribution in [3.63, 3.8) is 0 Å². The minimum atomic E-state index is -0.386. The fourth-order valence-corrected chi connectivity index (χ4v) is 3.60. The number of halogens is 1. The lowest BCUT2D eigenvalue weighted by atomic mass is 10.2. The van der Waals surface area contributed by atoms with Crippen LogP contribution in [0.4, 0.5) is 10.5 Å². The number of carbonyl (C=O) groups is 1. The van der Waals surface area contributed by atoms with Crippen molar-refractivity contribution in [2.75, 3.05) is 18.0 Å². The van der Waals surface area contributed by atoms with Gasteiger partial charge in [0.25, 0.3) is 5.89 Å². The van der Waals surface area contributed by atoms with E-state index in [1.807, 2.05) is 48.5 Å². The topological polar surface area (TPSA) is 80.5 Å². The number of anilines is 1. The lowest BCUT2D eigenvalue weighted by Crippen LogP contribution is -2.32. The highest BCUT2D eigenvalue weighted by Gasteiger charge is 2.32. The van der Waals surface area contributed by atoms with E-state index < -0.39 is 0 Å². The Morgan fingerprint density at radius 3 is 2.83 bits per heavy atom. The molecule has 29 heavy (non-hydrogen) atoms. The Balaban J connectivity index is 1.52. The van der Waals surface area contributed by atoms with Crippen molar-refractivity contribution in [3.8, 4) is 22.8 Å². The van der Waals surface area contributed by atoms with Gasteiger partial charge in [-0.2, -0.15) is 4.98 Å². The van der Waals surface area contributed by atoms with Crippen LogP contribution < -0.4 is 10.2 Å². The third-order valence-electron chi connectivity index (χ3n) is 4.41. The van der Waals surface area contributed by atoms with Crippen molar-refractivity contribution in [1.82, 2.24) is 15.5 Å². The van der Waals surface area contributed by atoms with Gasteiger partial charge < -0.3 is 14.6 Å². The summed E-state index contributed by atoms with van der Waals surface area (Å²) in [6.45, 7) is 2.72. The summed E-state index contributed by atoms with van der Waals surface area (Å²) in [5.41, 5.74) is 2.34. The molecule has 0 spiro atoms. The molecule has 4 rings (SSSR count). The molecule has 1 amide bonds. The van der Waals surface area contributed by atoms with Gasteiger partial charge in [-0.05, 0) is 41.1 Å². The van der Waals surface area contributed by atoms with Crippen LogP contribution in [0.5, 0.6) is 0 Å². The Morgan fingerprint density at radius 2 is 2.10 bits per heavy atom. The van der Waals surface area contributed by atoms with E-state index >= 15 is 0 Å². The summed E-state index contributed by atoms with van der Waals surface area (Å²) in [7, 11) is 0. The molecule has 1 unspecified atom stereocenters. The van der Waals surface area contributed by atoms with Gasteiger partial charge in [-0.15, -0.1) is 0 Å². The van der Waals surface area contributed by atoms with E-state index in [0.717, 1.165) is 21.3 Å². The van der Waals surface area contributed by atoms with Crippen molar-refractivity contribution in [2.45, 2.75) is 13.0 Å². The molecule has 1 atom stereocenters. The molecular formula is C20H17BrN4O3S. The highest BCUT2D eigenvalue weighted by atomic mass is 79.9. The minimum Gasteiger partial charge on any atom is -0.442 e. The fraction of sp³-hybridized carbons (Fsp3) is 0.200. The molecule has 0 aliphatic carbocycles. The standard InChI is InChI=1S/C20H17BrN4O3S/c1-12(29)22-10-15-11-25(20(26)27-15)14-7-8-16(17(21)9-14)19-23-18(24-28-19)13-5-3-2-4-6-13/h2-9,15H,10-11H2,1H3,(H,22,29). The number of cyclic esters (lactones) is 1. The van der Waals surface area contributed by atoms with E-state index in [0.29, 0.717) is 29.8 Å². The van der Waals surface area contributed by atoms with Crippen LogP contribution in [-0.2, 0) is 4.74 Å². The van der Waals surface area contributed by atoms with Crippen LogP contribution in [0.15, 0.2) is 57.5 Å². The summed E-state index contributed by atoms with van der Waals surface area (Å²) in [4.78, 5) is 19.0. The molecular weight excluding hydrogens is 456 g/mol. The molecule has 1 fully saturated rings. The molecule has 2 heterocycles. The SMILES string of the molecule is CC(=S)NCC1CN(c2ccc(-c3nc(-c4ccccc4)no3)c(Br)c2)C(=O)O1. The van der Waals surface area contributed by atoms with Crippen molar-refractivity contribution in [1.29, 1.82) is 0 Å². The van der Waals surface area contributed by atoms with Crippen LogP contribution >= 0.6 is 28.1 Å². The second-order valence-corrected chi connectivity index (χ2v) is 7.97.